The lowest BCUT2D eigenvalue weighted by molar-refractivity contribution is -0.286. The van der Waals surface area contributed by atoms with Gasteiger partial charge in [-0.3, -0.25) is 9.59 Å². The van der Waals surface area contributed by atoms with Crippen LogP contribution in [0.15, 0.2) is 30.3 Å². The predicted octanol–water partition coefficient (Wildman–Crippen LogP) is 3.38. The van der Waals surface area contributed by atoms with Crippen molar-refractivity contribution < 1.29 is 47.5 Å². The van der Waals surface area contributed by atoms with Gasteiger partial charge in [-0.25, -0.2) is 0 Å². The van der Waals surface area contributed by atoms with E-state index in [4.69, 9.17) is 37.9 Å². The molecule has 3 heterocycles. The van der Waals surface area contributed by atoms with E-state index in [1.165, 1.54) is 0 Å². The van der Waals surface area contributed by atoms with Crippen LogP contribution in [-0.2, 0) is 47.5 Å². The predicted molar refractivity (Wildman–Crippen MR) is 134 cm³/mol. The first-order valence-corrected chi connectivity index (χ1v) is 12.9. The highest BCUT2D eigenvalue weighted by molar-refractivity contribution is 5.77. The molecule has 0 radical (unpaired) electrons. The molecule has 3 aliphatic rings. The highest BCUT2D eigenvalue weighted by Crippen LogP contribution is 2.36. The highest BCUT2D eigenvalue weighted by Gasteiger charge is 2.48. The number of hydrogen-bond acceptors (Lipinski definition) is 10. The van der Waals surface area contributed by atoms with Crippen molar-refractivity contribution in [2.45, 2.75) is 59.4 Å². The van der Waals surface area contributed by atoms with Crippen LogP contribution in [0.1, 0.15) is 53.4 Å². The van der Waals surface area contributed by atoms with Gasteiger partial charge in [-0.2, -0.15) is 0 Å². The van der Waals surface area contributed by atoms with Crippen LogP contribution >= 0.6 is 0 Å². The topological polar surface area (TPSA) is 108 Å². The Hall–Kier alpha value is -2.08. The number of benzene rings is 1. The second kappa shape index (κ2) is 10.8. The van der Waals surface area contributed by atoms with Crippen LogP contribution in [0.2, 0.25) is 0 Å². The van der Waals surface area contributed by atoms with Crippen LogP contribution in [0.4, 0.5) is 0 Å². The van der Waals surface area contributed by atoms with Gasteiger partial charge in [0.05, 0.1) is 45.1 Å². The SMILES string of the molecule is CC1(C)OCC(C)(C(=O)OCC2(COC(=O)C3(C)COC(C)(C)OC3)COC(c3ccccc3)OC2)CO1. The lowest BCUT2D eigenvalue weighted by atomic mass is 9.89. The number of hydrogen-bond donors (Lipinski definition) is 0. The lowest BCUT2D eigenvalue weighted by Crippen LogP contribution is -2.53. The van der Waals surface area contributed by atoms with Gasteiger partial charge in [0.15, 0.2) is 17.9 Å². The lowest BCUT2D eigenvalue weighted by Gasteiger charge is -2.43. The van der Waals surface area contributed by atoms with Gasteiger partial charge in [0.2, 0.25) is 0 Å². The first-order valence-electron chi connectivity index (χ1n) is 12.9. The van der Waals surface area contributed by atoms with Gasteiger partial charge in [-0.1, -0.05) is 30.3 Å². The number of carbonyl (C=O) groups is 2. The average molecular weight is 537 g/mol. The largest absolute Gasteiger partial charge is 0.464 e. The fourth-order valence-electron chi connectivity index (χ4n) is 4.13. The van der Waals surface area contributed by atoms with E-state index < -0.39 is 46.0 Å². The van der Waals surface area contributed by atoms with Gasteiger partial charge in [-0.15, -0.1) is 0 Å². The molecule has 1 aromatic rings. The van der Waals surface area contributed by atoms with Crippen LogP contribution in [0.25, 0.3) is 0 Å². The van der Waals surface area contributed by atoms with Crippen molar-refractivity contribution in [2.75, 3.05) is 52.9 Å². The van der Waals surface area contributed by atoms with E-state index in [1.807, 2.05) is 30.3 Å². The van der Waals surface area contributed by atoms with E-state index in [-0.39, 0.29) is 52.9 Å². The molecule has 0 saturated carbocycles. The minimum Gasteiger partial charge on any atom is -0.464 e. The van der Waals surface area contributed by atoms with Gasteiger partial charge < -0.3 is 37.9 Å². The van der Waals surface area contributed by atoms with Crippen LogP contribution in [0, 0.1) is 16.2 Å². The molecule has 0 unspecified atom stereocenters. The Kier molecular flexibility index (Phi) is 8.24. The summed E-state index contributed by atoms with van der Waals surface area (Å²) >= 11 is 0. The molecule has 10 heteroatoms. The summed E-state index contributed by atoms with van der Waals surface area (Å²) in [6.45, 7) is 11.5. The molecule has 4 rings (SSSR count). The molecule has 10 nitrogen and oxygen atoms in total. The molecule has 3 saturated heterocycles. The normalized spacial score (nSPS) is 25.7. The van der Waals surface area contributed by atoms with Crippen LogP contribution < -0.4 is 0 Å². The second-order valence-electron chi connectivity index (χ2n) is 12.1. The smallest absolute Gasteiger partial charge is 0.316 e. The second-order valence-corrected chi connectivity index (χ2v) is 12.1. The summed E-state index contributed by atoms with van der Waals surface area (Å²) in [4.78, 5) is 26.2. The molecule has 0 amide bonds. The highest BCUT2D eigenvalue weighted by atomic mass is 16.7. The zero-order valence-electron chi connectivity index (χ0n) is 23.2. The molecule has 0 N–H and O–H groups in total. The van der Waals surface area contributed by atoms with E-state index in [1.54, 1.807) is 41.5 Å². The van der Waals surface area contributed by atoms with E-state index in [0.717, 1.165) is 5.56 Å². The maximum Gasteiger partial charge on any atom is 0.316 e. The van der Waals surface area contributed by atoms with E-state index in [0.29, 0.717) is 0 Å². The Balaban J connectivity index is 1.41. The third-order valence-electron chi connectivity index (χ3n) is 7.11. The number of esters is 2. The zero-order valence-corrected chi connectivity index (χ0v) is 23.2. The Morgan fingerprint density at radius 3 is 1.47 bits per heavy atom. The van der Waals surface area contributed by atoms with E-state index >= 15 is 0 Å². The van der Waals surface area contributed by atoms with Gasteiger partial charge in [-0.05, 0) is 41.5 Å². The Labute approximate surface area is 224 Å². The monoisotopic (exact) mass is 536 g/mol. The fourth-order valence-corrected chi connectivity index (χ4v) is 4.13. The molecule has 1 aromatic carbocycles. The Bertz CT molecular complexity index is 909. The van der Waals surface area contributed by atoms with Gasteiger partial charge in [0.1, 0.15) is 24.0 Å². The molecule has 0 spiro atoms. The molecule has 0 aromatic heterocycles. The molecule has 0 atom stereocenters. The molecule has 212 valence electrons. The van der Waals surface area contributed by atoms with Gasteiger partial charge in [0, 0.05) is 5.56 Å². The third-order valence-corrected chi connectivity index (χ3v) is 7.11. The maximum absolute atomic E-state index is 13.1. The average Bonchev–Trinajstić information content (AvgIpc) is 2.90. The molecule has 0 bridgehead atoms. The first-order chi connectivity index (χ1) is 17.8. The molecular weight excluding hydrogens is 496 g/mol. The number of carbonyl (C=O) groups excluding carboxylic acids is 2. The van der Waals surface area contributed by atoms with E-state index in [9.17, 15) is 9.59 Å². The van der Waals surface area contributed by atoms with Crippen LogP contribution in [0.5, 0.6) is 0 Å². The quantitative estimate of drug-likeness (QED) is 0.481. The summed E-state index contributed by atoms with van der Waals surface area (Å²) in [6.07, 6.45) is -0.574. The summed E-state index contributed by atoms with van der Waals surface area (Å²) < 4.78 is 46.4. The minimum atomic E-state index is -0.965. The van der Waals surface area contributed by atoms with Crippen molar-refractivity contribution in [1.82, 2.24) is 0 Å². The zero-order chi connectivity index (χ0) is 27.7. The summed E-state index contributed by atoms with van der Waals surface area (Å²) in [6, 6.07) is 9.54. The number of ether oxygens (including phenoxy) is 8. The van der Waals surface area contributed by atoms with Crippen LogP contribution in [-0.4, -0.2) is 76.4 Å². The summed E-state index contributed by atoms with van der Waals surface area (Å²) in [5.74, 6) is -2.45. The number of rotatable bonds is 7. The van der Waals surface area contributed by atoms with Crippen molar-refractivity contribution in [1.29, 1.82) is 0 Å². The first kappa shape index (κ1) is 28.9. The van der Waals surface area contributed by atoms with Crippen LogP contribution in [0.3, 0.4) is 0 Å². The van der Waals surface area contributed by atoms with Gasteiger partial charge in [0.25, 0.3) is 0 Å². The Morgan fingerprint density at radius 1 is 0.684 bits per heavy atom. The van der Waals surface area contributed by atoms with E-state index in [2.05, 4.69) is 0 Å². The minimum absolute atomic E-state index is 0.0731. The van der Waals surface area contributed by atoms with Crippen molar-refractivity contribution in [3.63, 3.8) is 0 Å². The molecular formula is C28H40O10. The summed E-state index contributed by atoms with van der Waals surface area (Å²) in [5.41, 5.74) is -1.97. The third kappa shape index (κ3) is 6.73. The van der Waals surface area contributed by atoms with Crippen molar-refractivity contribution >= 4 is 11.9 Å². The summed E-state index contributed by atoms with van der Waals surface area (Å²) in [5, 5.41) is 0. The van der Waals surface area contributed by atoms with Crippen molar-refractivity contribution in [2.24, 2.45) is 16.2 Å². The standard InChI is InChI=1S/C28H40O10/c1-24(2)35-12-26(5,13-36-24)22(29)33-18-28(16-31-21(32-17-28)20-10-8-7-9-11-20)19-34-23(30)27(6)14-37-25(3,4)38-15-27/h7-11,21H,12-19H2,1-6H3. The molecule has 0 aliphatic carbocycles. The Morgan fingerprint density at radius 2 is 1.08 bits per heavy atom. The maximum atomic E-state index is 13.1. The van der Waals surface area contributed by atoms with Crippen molar-refractivity contribution in [3.8, 4) is 0 Å². The molecule has 38 heavy (non-hydrogen) atoms. The summed E-state index contributed by atoms with van der Waals surface area (Å²) in [7, 11) is 0. The van der Waals surface area contributed by atoms with Crippen molar-refractivity contribution in [3.05, 3.63) is 35.9 Å². The van der Waals surface area contributed by atoms with Gasteiger partial charge >= 0.3 is 11.9 Å². The fraction of sp³-hybridized carbons (Fsp3) is 0.714. The molecule has 3 fully saturated rings. The molecule has 3 aliphatic heterocycles.